The second-order valence-corrected chi connectivity index (χ2v) is 3.22. The minimum absolute atomic E-state index is 0.000399. The lowest BCUT2D eigenvalue weighted by Gasteiger charge is -2.11. The zero-order valence-corrected chi connectivity index (χ0v) is 9.26. The lowest BCUT2D eigenvalue weighted by Crippen LogP contribution is -2.35. The predicted octanol–water partition coefficient (Wildman–Crippen LogP) is 1.11. The van der Waals surface area contributed by atoms with Crippen molar-refractivity contribution in [2.75, 3.05) is 26.9 Å². The Morgan fingerprint density at radius 2 is 2.06 bits per heavy atom. The molecule has 0 saturated heterocycles. The average Bonchev–Trinajstić information content (AvgIpc) is 2.20. The molecule has 1 atom stereocenters. The fraction of sp³-hybridized carbons (Fsp3) is 0.889. The number of carbonyl (C=O) groups excluding carboxylic acids is 1. The van der Waals surface area contributed by atoms with Gasteiger partial charge in [-0.15, -0.1) is 0 Å². The van der Waals surface area contributed by atoms with E-state index in [0.29, 0.717) is 13.0 Å². The quantitative estimate of drug-likeness (QED) is 0.537. The summed E-state index contributed by atoms with van der Waals surface area (Å²) >= 11 is 0. The second-order valence-electron chi connectivity index (χ2n) is 3.22. The first kappa shape index (κ1) is 15.2. The number of rotatable bonds is 7. The highest BCUT2D eigenvalue weighted by Gasteiger charge is 2.27. The molecule has 0 aliphatic carbocycles. The molecule has 0 amide bonds. The molecule has 96 valence electrons. The Kier molecular flexibility index (Phi) is 7.07. The molecule has 1 N–H and O–H groups in total. The van der Waals surface area contributed by atoms with Crippen LogP contribution < -0.4 is 5.32 Å². The lowest BCUT2D eigenvalue weighted by molar-refractivity contribution is -0.173. The molecule has 0 spiro atoms. The molecular weight excluding hydrogens is 227 g/mol. The number of ether oxygens (including phenoxy) is 2. The SMILES string of the molecule is COC(=O)C(C)NCCCOCC(F)(F)F. The van der Waals surface area contributed by atoms with Crippen molar-refractivity contribution in [2.45, 2.75) is 25.6 Å². The molecule has 0 aliphatic rings. The van der Waals surface area contributed by atoms with Gasteiger partial charge in [-0.2, -0.15) is 13.2 Å². The van der Waals surface area contributed by atoms with E-state index in [-0.39, 0.29) is 6.61 Å². The molecule has 0 radical (unpaired) electrons. The van der Waals surface area contributed by atoms with E-state index in [1.165, 1.54) is 7.11 Å². The topological polar surface area (TPSA) is 47.6 Å². The predicted molar refractivity (Wildman–Crippen MR) is 51.0 cm³/mol. The monoisotopic (exact) mass is 243 g/mol. The molecule has 0 aromatic heterocycles. The maximum atomic E-state index is 11.6. The zero-order valence-electron chi connectivity index (χ0n) is 9.26. The molecule has 0 fully saturated rings. The lowest BCUT2D eigenvalue weighted by atomic mass is 10.3. The van der Waals surface area contributed by atoms with Crippen molar-refractivity contribution in [1.29, 1.82) is 0 Å². The minimum atomic E-state index is -4.28. The first-order valence-corrected chi connectivity index (χ1v) is 4.82. The first-order chi connectivity index (χ1) is 7.37. The van der Waals surface area contributed by atoms with E-state index >= 15 is 0 Å². The summed E-state index contributed by atoms with van der Waals surface area (Å²) in [5.41, 5.74) is 0. The van der Waals surface area contributed by atoms with Gasteiger partial charge in [0.05, 0.1) is 7.11 Å². The average molecular weight is 243 g/mol. The molecule has 0 bridgehead atoms. The van der Waals surface area contributed by atoms with Crippen LogP contribution in [0, 0.1) is 0 Å². The summed E-state index contributed by atoms with van der Waals surface area (Å²) in [4.78, 5) is 10.9. The minimum Gasteiger partial charge on any atom is -0.468 e. The smallest absolute Gasteiger partial charge is 0.411 e. The number of methoxy groups -OCH3 is 1. The van der Waals surface area contributed by atoms with Crippen molar-refractivity contribution in [1.82, 2.24) is 5.32 Å². The third kappa shape index (κ3) is 8.49. The third-order valence-corrected chi connectivity index (χ3v) is 1.74. The van der Waals surface area contributed by atoms with E-state index in [1.807, 2.05) is 0 Å². The van der Waals surface area contributed by atoms with Gasteiger partial charge < -0.3 is 14.8 Å². The van der Waals surface area contributed by atoms with Gasteiger partial charge in [-0.25, -0.2) is 0 Å². The van der Waals surface area contributed by atoms with Crippen LogP contribution in [-0.2, 0) is 14.3 Å². The van der Waals surface area contributed by atoms with Gasteiger partial charge >= 0.3 is 12.1 Å². The molecule has 0 aliphatic heterocycles. The van der Waals surface area contributed by atoms with Gasteiger partial charge in [0.15, 0.2) is 0 Å². The van der Waals surface area contributed by atoms with Crippen LogP contribution in [0.4, 0.5) is 13.2 Å². The molecule has 7 heteroatoms. The summed E-state index contributed by atoms with van der Waals surface area (Å²) in [5, 5.41) is 2.80. The summed E-state index contributed by atoms with van der Waals surface area (Å²) in [5.74, 6) is -0.406. The Morgan fingerprint density at radius 1 is 1.44 bits per heavy atom. The fourth-order valence-corrected chi connectivity index (χ4v) is 0.941. The van der Waals surface area contributed by atoms with Crippen molar-refractivity contribution in [3.8, 4) is 0 Å². The fourth-order valence-electron chi connectivity index (χ4n) is 0.941. The van der Waals surface area contributed by atoms with Crippen LogP contribution in [0.3, 0.4) is 0 Å². The summed E-state index contributed by atoms with van der Waals surface area (Å²) in [6, 6.07) is -0.465. The van der Waals surface area contributed by atoms with Crippen LogP contribution in [-0.4, -0.2) is 45.1 Å². The van der Waals surface area contributed by atoms with E-state index in [4.69, 9.17) is 0 Å². The number of esters is 1. The third-order valence-electron chi connectivity index (χ3n) is 1.74. The maximum absolute atomic E-state index is 11.6. The Balaban J connectivity index is 3.37. The molecule has 0 heterocycles. The Morgan fingerprint density at radius 3 is 2.56 bits per heavy atom. The van der Waals surface area contributed by atoms with Gasteiger partial charge in [-0.3, -0.25) is 4.79 Å². The summed E-state index contributed by atoms with van der Waals surface area (Å²) in [6.45, 7) is 0.774. The van der Waals surface area contributed by atoms with E-state index in [2.05, 4.69) is 14.8 Å². The van der Waals surface area contributed by atoms with Gasteiger partial charge in [0.2, 0.25) is 0 Å². The van der Waals surface area contributed by atoms with Gasteiger partial charge in [0.1, 0.15) is 12.6 Å². The standard InChI is InChI=1S/C9H16F3NO3/c1-7(8(14)15-2)13-4-3-5-16-6-9(10,11)12/h7,13H,3-6H2,1-2H3. The highest BCUT2D eigenvalue weighted by molar-refractivity contribution is 5.74. The Hall–Kier alpha value is -0.820. The van der Waals surface area contributed by atoms with Crippen molar-refractivity contribution < 1.29 is 27.4 Å². The van der Waals surface area contributed by atoms with Crippen LogP contribution in [0.25, 0.3) is 0 Å². The number of alkyl halides is 3. The molecule has 0 aromatic carbocycles. The van der Waals surface area contributed by atoms with E-state index in [0.717, 1.165) is 0 Å². The van der Waals surface area contributed by atoms with Crippen LogP contribution in [0.5, 0.6) is 0 Å². The van der Waals surface area contributed by atoms with Gasteiger partial charge in [0, 0.05) is 6.61 Å². The second kappa shape index (κ2) is 7.45. The molecule has 0 saturated carbocycles. The molecule has 0 aromatic rings. The highest BCUT2D eigenvalue weighted by atomic mass is 19.4. The number of hydrogen-bond acceptors (Lipinski definition) is 4. The maximum Gasteiger partial charge on any atom is 0.411 e. The van der Waals surface area contributed by atoms with Gasteiger partial charge in [-0.05, 0) is 19.9 Å². The number of halogens is 3. The van der Waals surface area contributed by atoms with Crippen molar-refractivity contribution in [3.63, 3.8) is 0 Å². The van der Waals surface area contributed by atoms with E-state index < -0.39 is 24.8 Å². The van der Waals surface area contributed by atoms with Gasteiger partial charge in [0.25, 0.3) is 0 Å². The normalized spacial score (nSPS) is 13.6. The highest BCUT2D eigenvalue weighted by Crippen LogP contribution is 2.14. The number of nitrogens with one attached hydrogen (secondary N) is 1. The summed E-state index contributed by atoms with van der Waals surface area (Å²) < 4.78 is 43.8. The van der Waals surface area contributed by atoms with Gasteiger partial charge in [-0.1, -0.05) is 0 Å². The number of hydrogen-bond donors (Lipinski definition) is 1. The summed E-state index contributed by atoms with van der Waals surface area (Å²) in [6.07, 6.45) is -3.88. The molecule has 16 heavy (non-hydrogen) atoms. The summed E-state index contributed by atoms with van der Waals surface area (Å²) in [7, 11) is 1.27. The molecular formula is C9H16F3NO3. The van der Waals surface area contributed by atoms with Crippen LogP contribution >= 0.6 is 0 Å². The first-order valence-electron chi connectivity index (χ1n) is 4.82. The van der Waals surface area contributed by atoms with E-state index in [9.17, 15) is 18.0 Å². The zero-order chi connectivity index (χ0) is 12.6. The molecule has 1 unspecified atom stereocenters. The van der Waals surface area contributed by atoms with Crippen molar-refractivity contribution in [3.05, 3.63) is 0 Å². The van der Waals surface area contributed by atoms with E-state index in [1.54, 1.807) is 6.92 Å². The van der Waals surface area contributed by atoms with Crippen molar-refractivity contribution in [2.24, 2.45) is 0 Å². The largest absolute Gasteiger partial charge is 0.468 e. The Labute approximate surface area is 92.1 Å². The van der Waals surface area contributed by atoms with Crippen LogP contribution in [0.15, 0.2) is 0 Å². The molecule has 0 rings (SSSR count). The van der Waals surface area contributed by atoms with Crippen LogP contribution in [0.2, 0.25) is 0 Å². The Bertz CT molecular complexity index is 209. The molecule has 4 nitrogen and oxygen atoms in total. The van der Waals surface area contributed by atoms with Crippen LogP contribution in [0.1, 0.15) is 13.3 Å². The number of carbonyl (C=O) groups is 1. The van der Waals surface area contributed by atoms with Crippen molar-refractivity contribution >= 4 is 5.97 Å².